The maximum absolute atomic E-state index is 12.9. The monoisotopic (exact) mass is 390 g/mol. The summed E-state index contributed by atoms with van der Waals surface area (Å²) in [6.07, 6.45) is 1.79. The predicted octanol–water partition coefficient (Wildman–Crippen LogP) is 4.11. The summed E-state index contributed by atoms with van der Waals surface area (Å²) >= 11 is 0. The van der Waals surface area contributed by atoms with E-state index in [0.29, 0.717) is 35.8 Å². The molecule has 0 atom stereocenters. The number of carbonyl (C=O) groups excluding carboxylic acids is 2. The molecule has 0 aliphatic carbocycles. The van der Waals surface area contributed by atoms with Crippen molar-refractivity contribution in [1.82, 2.24) is 10.2 Å². The number of nitrogens with one attached hydrogen (secondary N) is 2. The van der Waals surface area contributed by atoms with Crippen LogP contribution in [0.1, 0.15) is 54.1 Å². The van der Waals surface area contributed by atoms with Crippen molar-refractivity contribution in [1.29, 1.82) is 5.26 Å². The van der Waals surface area contributed by atoms with Crippen molar-refractivity contribution in [3.05, 3.63) is 65.2 Å². The number of likely N-dealkylation sites (tertiary alicyclic amines) is 1. The largest absolute Gasteiger partial charge is 0.339 e. The van der Waals surface area contributed by atoms with Gasteiger partial charge >= 0.3 is 6.03 Å². The van der Waals surface area contributed by atoms with Crippen molar-refractivity contribution in [2.75, 3.05) is 18.4 Å². The Morgan fingerprint density at radius 3 is 2.41 bits per heavy atom. The molecule has 3 rings (SSSR count). The number of nitrogens with zero attached hydrogens (tertiary/aromatic N) is 2. The Labute approximate surface area is 171 Å². The number of amides is 3. The van der Waals surface area contributed by atoms with Gasteiger partial charge in [0.15, 0.2) is 0 Å². The van der Waals surface area contributed by atoms with Crippen molar-refractivity contribution >= 4 is 17.6 Å². The summed E-state index contributed by atoms with van der Waals surface area (Å²) in [5.74, 6) is 0.385. The Morgan fingerprint density at radius 1 is 1.10 bits per heavy atom. The fraction of sp³-hybridized carbons (Fsp3) is 0.348. The number of carbonyl (C=O) groups is 2. The zero-order valence-electron chi connectivity index (χ0n) is 16.8. The zero-order chi connectivity index (χ0) is 20.8. The van der Waals surface area contributed by atoms with E-state index in [4.69, 9.17) is 5.26 Å². The number of urea groups is 1. The smallest absolute Gasteiger partial charge is 0.319 e. The van der Waals surface area contributed by atoms with E-state index in [0.717, 1.165) is 12.8 Å². The second-order valence-corrected chi connectivity index (χ2v) is 7.63. The molecular weight excluding hydrogens is 364 g/mol. The molecule has 0 bridgehead atoms. The molecule has 1 saturated heterocycles. The van der Waals surface area contributed by atoms with Crippen molar-refractivity contribution in [2.24, 2.45) is 0 Å². The summed E-state index contributed by atoms with van der Waals surface area (Å²) in [4.78, 5) is 26.7. The minimum atomic E-state index is -0.284. The number of piperidine rings is 1. The molecule has 6 heteroatoms. The Bertz CT molecular complexity index is 907. The maximum atomic E-state index is 12.9. The Kier molecular flexibility index (Phi) is 6.50. The van der Waals surface area contributed by atoms with Gasteiger partial charge in [-0.2, -0.15) is 5.26 Å². The van der Waals surface area contributed by atoms with Crippen molar-refractivity contribution < 1.29 is 9.59 Å². The number of anilines is 1. The predicted molar refractivity (Wildman–Crippen MR) is 113 cm³/mol. The summed E-state index contributed by atoms with van der Waals surface area (Å²) in [6, 6.07) is 16.7. The van der Waals surface area contributed by atoms with Gasteiger partial charge in [0.1, 0.15) is 0 Å². The summed E-state index contributed by atoms with van der Waals surface area (Å²) in [5.41, 5.74) is 3.06. The van der Waals surface area contributed by atoms with Crippen molar-refractivity contribution in [3.8, 4) is 6.07 Å². The summed E-state index contributed by atoms with van der Waals surface area (Å²) in [7, 11) is 0. The highest BCUT2D eigenvalue weighted by Gasteiger charge is 2.24. The third-order valence-electron chi connectivity index (χ3n) is 5.08. The normalized spacial score (nSPS) is 14.3. The standard InChI is InChI=1S/C23H26N4O2/c1-16(2)25-23(29)26-21-5-3-4-20(14-21)22(28)27-12-10-19(11-13-27)18-8-6-17(15-24)7-9-18/h3-9,14,16,19H,10-13H2,1-2H3,(H2,25,26,29). The first kappa shape index (κ1) is 20.4. The molecule has 1 aliphatic heterocycles. The van der Waals surface area contributed by atoms with Crippen LogP contribution in [-0.2, 0) is 0 Å². The zero-order valence-corrected chi connectivity index (χ0v) is 16.8. The van der Waals surface area contributed by atoms with Gasteiger partial charge in [-0.05, 0) is 68.5 Å². The van der Waals surface area contributed by atoms with Crippen molar-refractivity contribution in [3.63, 3.8) is 0 Å². The SMILES string of the molecule is CC(C)NC(=O)Nc1cccc(C(=O)N2CCC(c3ccc(C#N)cc3)CC2)c1. The quantitative estimate of drug-likeness (QED) is 0.824. The minimum Gasteiger partial charge on any atom is -0.339 e. The Morgan fingerprint density at radius 2 is 1.79 bits per heavy atom. The minimum absolute atomic E-state index is 0.0174. The molecule has 6 nitrogen and oxygen atoms in total. The first-order chi connectivity index (χ1) is 14.0. The molecule has 1 aliphatic rings. The fourth-order valence-corrected chi connectivity index (χ4v) is 3.59. The highest BCUT2D eigenvalue weighted by Crippen LogP contribution is 2.29. The van der Waals surface area contributed by atoms with E-state index in [9.17, 15) is 9.59 Å². The highest BCUT2D eigenvalue weighted by molar-refractivity contribution is 5.97. The third kappa shape index (κ3) is 5.35. The Hall–Kier alpha value is -3.33. The van der Waals surface area contributed by atoms with Crippen LogP contribution in [0.3, 0.4) is 0 Å². The van der Waals surface area contributed by atoms with Crippen LogP contribution in [0, 0.1) is 11.3 Å². The van der Waals surface area contributed by atoms with Gasteiger partial charge in [-0.3, -0.25) is 4.79 Å². The fourth-order valence-electron chi connectivity index (χ4n) is 3.59. The van der Waals surface area contributed by atoms with Gasteiger partial charge in [-0.25, -0.2) is 4.79 Å². The molecule has 29 heavy (non-hydrogen) atoms. The molecule has 1 fully saturated rings. The van der Waals surface area contributed by atoms with Crippen LogP contribution in [0.15, 0.2) is 48.5 Å². The number of nitriles is 1. The van der Waals surface area contributed by atoms with Gasteiger partial charge < -0.3 is 15.5 Å². The van der Waals surface area contributed by atoms with Gasteiger partial charge in [0.05, 0.1) is 11.6 Å². The molecule has 3 amide bonds. The molecular formula is C23H26N4O2. The number of hydrogen-bond donors (Lipinski definition) is 2. The van der Waals surface area contributed by atoms with E-state index < -0.39 is 0 Å². The van der Waals surface area contributed by atoms with Crippen LogP contribution in [0.5, 0.6) is 0 Å². The van der Waals surface area contributed by atoms with Crippen LogP contribution in [0.25, 0.3) is 0 Å². The molecule has 0 radical (unpaired) electrons. The van der Waals surface area contributed by atoms with Crippen LogP contribution < -0.4 is 10.6 Å². The van der Waals surface area contributed by atoms with E-state index in [1.165, 1.54) is 5.56 Å². The van der Waals surface area contributed by atoms with Crippen LogP contribution in [0.4, 0.5) is 10.5 Å². The number of benzene rings is 2. The van der Waals surface area contributed by atoms with Gasteiger partial charge in [0.2, 0.25) is 0 Å². The molecule has 2 aromatic carbocycles. The lowest BCUT2D eigenvalue weighted by molar-refractivity contribution is 0.0713. The highest BCUT2D eigenvalue weighted by atomic mass is 16.2. The average Bonchev–Trinajstić information content (AvgIpc) is 2.73. The van der Waals surface area contributed by atoms with E-state index in [1.807, 2.05) is 43.0 Å². The molecule has 2 N–H and O–H groups in total. The first-order valence-electron chi connectivity index (χ1n) is 9.93. The molecule has 2 aromatic rings. The van der Waals surface area contributed by atoms with E-state index in [1.54, 1.807) is 24.3 Å². The lowest BCUT2D eigenvalue weighted by Crippen LogP contribution is -2.38. The van der Waals surface area contributed by atoms with Gasteiger partial charge in [0.25, 0.3) is 5.91 Å². The van der Waals surface area contributed by atoms with E-state index in [-0.39, 0.29) is 18.0 Å². The summed E-state index contributed by atoms with van der Waals surface area (Å²) in [5, 5.41) is 14.5. The van der Waals surface area contributed by atoms with Crippen LogP contribution in [0.2, 0.25) is 0 Å². The van der Waals surface area contributed by atoms with Crippen LogP contribution >= 0.6 is 0 Å². The first-order valence-corrected chi connectivity index (χ1v) is 9.93. The maximum Gasteiger partial charge on any atom is 0.319 e. The van der Waals surface area contributed by atoms with Gasteiger partial charge in [-0.1, -0.05) is 18.2 Å². The summed E-state index contributed by atoms with van der Waals surface area (Å²) < 4.78 is 0. The molecule has 0 spiro atoms. The van der Waals surface area contributed by atoms with E-state index >= 15 is 0 Å². The molecule has 1 heterocycles. The van der Waals surface area contributed by atoms with Crippen molar-refractivity contribution in [2.45, 2.75) is 38.6 Å². The molecule has 0 aromatic heterocycles. The van der Waals surface area contributed by atoms with Gasteiger partial charge in [-0.15, -0.1) is 0 Å². The molecule has 150 valence electrons. The van der Waals surface area contributed by atoms with Crippen LogP contribution in [-0.4, -0.2) is 36.0 Å². The lowest BCUT2D eigenvalue weighted by atomic mass is 9.89. The summed E-state index contributed by atoms with van der Waals surface area (Å²) in [6.45, 7) is 5.16. The third-order valence-corrected chi connectivity index (χ3v) is 5.08. The number of rotatable bonds is 4. The molecule has 0 saturated carbocycles. The lowest BCUT2D eigenvalue weighted by Gasteiger charge is -2.32. The Balaban J connectivity index is 1.59. The average molecular weight is 390 g/mol. The van der Waals surface area contributed by atoms with Gasteiger partial charge in [0, 0.05) is 30.4 Å². The second-order valence-electron chi connectivity index (χ2n) is 7.63. The number of hydrogen-bond acceptors (Lipinski definition) is 3. The van der Waals surface area contributed by atoms with E-state index in [2.05, 4.69) is 16.7 Å². The second kappa shape index (κ2) is 9.24. The molecule has 0 unspecified atom stereocenters. The topological polar surface area (TPSA) is 85.2 Å².